The van der Waals surface area contributed by atoms with E-state index in [0.29, 0.717) is 6.54 Å². The molecule has 26 heavy (non-hydrogen) atoms. The molecule has 2 atom stereocenters. The zero-order valence-corrected chi connectivity index (χ0v) is 15.3. The van der Waals surface area contributed by atoms with Crippen molar-refractivity contribution in [2.75, 3.05) is 38.6 Å². The number of carbonyl (C=O) groups excluding carboxylic acids is 2. The van der Waals surface area contributed by atoms with Crippen LogP contribution in [-0.2, 0) is 9.59 Å². The molecular weight excluding hydrogens is 328 g/mol. The molecule has 6 heteroatoms. The molecule has 0 radical (unpaired) electrons. The number of benzene rings is 1. The predicted octanol–water partition coefficient (Wildman–Crippen LogP) is 1.75. The number of likely N-dealkylation sites (N-methyl/N-ethyl adjacent to an activating group) is 1. The predicted molar refractivity (Wildman–Crippen MR) is 101 cm³/mol. The summed E-state index contributed by atoms with van der Waals surface area (Å²) in [5.41, 5.74) is 0.965. The normalized spacial score (nSPS) is 22.6. The van der Waals surface area contributed by atoms with Crippen molar-refractivity contribution in [3.8, 4) is 0 Å². The molecule has 3 aliphatic heterocycles. The summed E-state index contributed by atoms with van der Waals surface area (Å²) in [6.45, 7) is 1.58. The van der Waals surface area contributed by atoms with E-state index in [2.05, 4.69) is 17.0 Å². The van der Waals surface area contributed by atoms with Gasteiger partial charge in [0.25, 0.3) is 0 Å². The lowest BCUT2D eigenvalue weighted by atomic mass is 9.94. The van der Waals surface area contributed by atoms with E-state index in [1.807, 2.05) is 24.3 Å². The van der Waals surface area contributed by atoms with Gasteiger partial charge in [-0.2, -0.15) is 0 Å². The Morgan fingerprint density at radius 2 is 1.96 bits per heavy atom. The van der Waals surface area contributed by atoms with Gasteiger partial charge in [0.1, 0.15) is 12.4 Å². The summed E-state index contributed by atoms with van der Waals surface area (Å²) < 4.78 is 0. The van der Waals surface area contributed by atoms with Crippen molar-refractivity contribution in [3.05, 3.63) is 36.4 Å². The smallest absolute Gasteiger partial charge is 0.241 e. The molecule has 0 saturated carbocycles. The van der Waals surface area contributed by atoms with Gasteiger partial charge in [-0.1, -0.05) is 18.2 Å². The highest BCUT2D eigenvalue weighted by Gasteiger charge is 2.41. The fraction of sp³-hybridized carbons (Fsp3) is 0.450. The maximum absolute atomic E-state index is 12.9. The third kappa shape index (κ3) is 3.00. The van der Waals surface area contributed by atoms with Crippen LogP contribution >= 0.6 is 0 Å². The quantitative estimate of drug-likeness (QED) is 0.845. The van der Waals surface area contributed by atoms with Gasteiger partial charge in [-0.3, -0.25) is 9.59 Å². The number of pyridine rings is 1. The van der Waals surface area contributed by atoms with Crippen LogP contribution in [0.25, 0.3) is 10.9 Å². The molecule has 3 saturated heterocycles. The third-order valence-electron chi connectivity index (χ3n) is 5.51. The van der Waals surface area contributed by atoms with Crippen LogP contribution in [0.15, 0.2) is 36.4 Å². The van der Waals surface area contributed by atoms with Crippen molar-refractivity contribution in [1.82, 2.24) is 14.8 Å². The summed E-state index contributed by atoms with van der Waals surface area (Å²) in [5.74, 6) is 0.937. The van der Waals surface area contributed by atoms with Gasteiger partial charge < -0.3 is 14.7 Å². The molecule has 2 bridgehead atoms. The Kier molecular flexibility index (Phi) is 4.26. The van der Waals surface area contributed by atoms with Gasteiger partial charge in [0, 0.05) is 38.6 Å². The van der Waals surface area contributed by atoms with Gasteiger partial charge in [-0.05, 0) is 31.0 Å². The molecule has 4 heterocycles. The van der Waals surface area contributed by atoms with Crippen molar-refractivity contribution in [2.45, 2.75) is 18.9 Å². The van der Waals surface area contributed by atoms with E-state index in [9.17, 15) is 9.59 Å². The maximum atomic E-state index is 12.9. The number of nitrogens with zero attached hydrogens (tertiary/aromatic N) is 4. The molecule has 3 fully saturated rings. The van der Waals surface area contributed by atoms with Crippen molar-refractivity contribution >= 4 is 28.5 Å². The number of piperidine rings is 1. The molecule has 136 valence electrons. The van der Waals surface area contributed by atoms with E-state index in [1.165, 1.54) is 0 Å². The second-order valence-corrected chi connectivity index (χ2v) is 7.45. The number of anilines is 1. The second-order valence-electron chi connectivity index (χ2n) is 7.45. The summed E-state index contributed by atoms with van der Waals surface area (Å²) in [5, 5.41) is 1.11. The Labute approximate surface area is 153 Å². The van der Waals surface area contributed by atoms with Gasteiger partial charge in [0.05, 0.1) is 11.4 Å². The van der Waals surface area contributed by atoms with E-state index in [1.54, 1.807) is 23.9 Å². The van der Waals surface area contributed by atoms with Crippen molar-refractivity contribution in [1.29, 1.82) is 0 Å². The number of fused-ring (bicyclic) bond motifs is 5. The average Bonchev–Trinajstić information content (AvgIpc) is 2.94. The van der Waals surface area contributed by atoms with Crippen molar-refractivity contribution in [3.63, 3.8) is 0 Å². The zero-order chi connectivity index (χ0) is 18.3. The summed E-state index contributed by atoms with van der Waals surface area (Å²) >= 11 is 0. The first-order valence-electron chi connectivity index (χ1n) is 9.14. The van der Waals surface area contributed by atoms with E-state index >= 15 is 0 Å². The third-order valence-corrected chi connectivity index (χ3v) is 5.51. The van der Waals surface area contributed by atoms with Gasteiger partial charge in [0.15, 0.2) is 0 Å². The molecule has 3 aliphatic rings. The fourth-order valence-corrected chi connectivity index (χ4v) is 3.95. The number of rotatable bonds is 3. The second kappa shape index (κ2) is 6.59. The molecule has 1 aromatic heterocycles. The Morgan fingerprint density at radius 3 is 2.77 bits per heavy atom. The minimum Gasteiger partial charge on any atom is -0.354 e. The van der Waals surface area contributed by atoms with Crippen LogP contribution in [0.2, 0.25) is 0 Å². The minimum atomic E-state index is -0.0583. The number of aromatic nitrogens is 1. The van der Waals surface area contributed by atoms with E-state index in [0.717, 1.165) is 36.1 Å². The molecule has 0 aliphatic carbocycles. The lowest BCUT2D eigenvalue weighted by molar-refractivity contribution is -0.145. The van der Waals surface area contributed by atoms with Crippen LogP contribution in [0.4, 0.5) is 5.82 Å². The monoisotopic (exact) mass is 352 g/mol. The van der Waals surface area contributed by atoms with Crippen LogP contribution in [0.1, 0.15) is 12.8 Å². The molecule has 2 aromatic rings. The van der Waals surface area contributed by atoms with E-state index < -0.39 is 0 Å². The lowest BCUT2D eigenvalue weighted by Gasteiger charge is -2.35. The number of amides is 2. The van der Waals surface area contributed by atoms with Crippen LogP contribution in [0.3, 0.4) is 0 Å². The fourth-order valence-electron chi connectivity index (χ4n) is 3.95. The average molecular weight is 352 g/mol. The standard InChI is InChI=1S/C20H24N4O2/c1-22(2)19(25)13-24-16-9-7-15(20(24)26)11-23(12-16)18-10-8-14-5-3-4-6-17(14)21-18/h3-6,8,10,15-16H,7,9,11-13H2,1-2H3/t15-,16+/m0/s1. The summed E-state index contributed by atoms with van der Waals surface area (Å²) in [7, 11) is 3.46. The number of hydrogen-bond acceptors (Lipinski definition) is 4. The Balaban J connectivity index is 1.60. The lowest BCUT2D eigenvalue weighted by Crippen LogP contribution is -2.51. The van der Waals surface area contributed by atoms with Crippen LogP contribution < -0.4 is 4.90 Å². The first-order chi connectivity index (χ1) is 12.5. The number of hydrogen-bond donors (Lipinski definition) is 0. The van der Waals surface area contributed by atoms with Crippen LogP contribution in [0.5, 0.6) is 0 Å². The highest BCUT2D eigenvalue weighted by atomic mass is 16.2. The first-order valence-corrected chi connectivity index (χ1v) is 9.14. The van der Waals surface area contributed by atoms with Crippen LogP contribution in [0, 0.1) is 5.92 Å². The Hall–Kier alpha value is -2.63. The SMILES string of the molecule is CN(C)C(=O)CN1C(=O)[C@H]2CC[C@@H]1CN(c1ccc3ccccc3n1)C2. The number of carbonyl (C=O) groups is 2. The molecule has 5 rings (SSSR count). The summed E-state index contributed by atoms with van der Waals surface area (Å²) in [4.78, 5) is 35.4. The molecule has 1 aromatic carbocycles. The molecule has 0 N–H and O–H groups in total. The Bertz CT molecular complexity index is 851. The van der Waals surface area contributed by atoms with Gasteiger partial charge in [-0.25, -0.2) is 4.98 Å². The zero-order valence-electron chi connectivity index (χ0n) is 15.3. The highest BCUT2D eigenvalue weighted by Crippen LogP contribution is 2.31. The largest absolute Gasteiger partial charge is 0.354 e. The summed E-state index contributed by atoms with van der Waals surface area (Å²) in [6, 6.07) is 12.2. The molecule has 0 unspecified atom stereocenters. The number of para-hydroxylation sites is 1. The van der Waals surface area contributed by atoms with Gasteiger partial charge in [-0.15, -0.1) is 0 Å². The van der Waals surface area contributed by atoms with E-state index in [4.69, 9.17) is 4.98 Å². The van der Waals surface area contributed by atoms with Gasteiger partial charge >= 0.3 is 0 Å². The Morgan fingerprint density at radius 1 is 1.15 bits per heavy atom. The molecular formula is C20H24N4O2. The maximum Gasteiger partial charge on any atom is 0.241 e. The highest BCUT2D eigenvalue weighted by molar-refractivity contribution is 5.87. The molecule has 0 spiro atoms. The topological polar surface area (TPSA) is 56.8 Å². The molecule has 2 amide bonds. The van der Waals surface area contributed by atoms with Crippen molar-refractivity contribution < 1.29 is 9.59 Å². The van der Waals surface area contributed by atoms with Crippen LogP contribution in [-0.4, -0.2) is 66.4 Å². The van der Waals surface area contributed by atoms with E-state index in [-0.39, 0.29) is 30.3 Å². The van der Waals surface area contributed by atoms with Gasteiger partial charge in [0.2, 0.25) is 11.8 Å². The van der Waals surface area contributed by atoms with Crippen molar-refractivity contribution in [2.24, 2.45) is 5.92 Å². The molecule has 6 nitrogen and oxygen atoms in total. The minimum absolute atomic E-state index is 0.0266. The first kappa shape index (κ1) is 16.8. The summed E-state index contributed by atoms with van der Waals surface area (Å²) in [6.07, 6.45) is 1.83.